The molecule has 236 valence electrons. The molecule has 42 heavy (non-hydrogen) atoms. The second-order valence-corrected chi connectivity index (χ2v) is 13.0. The fourth-order valence-electron chi connectivity index (χ4n) is 5.83. The Labute approximate surface area is 248 Å². The van der Waals surface area contributed by atoms with Crippen LogP contribution in [0.15, 0.2) is 0 Å². The Morgan fingerprint density at radius 2 is 1.55 bits per heavy atom. The summed E-state index contributed by atoms with van der Waals surface area (Å²) in [6, 6.07) is -4.21. The fourth-order valence-corrected chi connectivity index (χ4v) is 5.83. The van der Waals surface area contributed by atoms with Gasteiger partial charge in [0.25, 0.3) is 5.91 Å². The quantitative estimate of drug-likeness (QED) is 0.199. The van der Waals surface area contributed by atoms with Gasteiger partial charge in [0.2, 0.25) is 17.6 Å². The standard InChI is InChI=1S/C30H49N5O7/c1-6-11-20(23(36)26(38)31-19-15-16-19)32-29(41)35-17-10-14-21(35)25(37)34-24(30(2,3)4)27(39)33-22(28(40)42-5)18-12-8-7-9-13-18/h18-22,24H,6-17H2,1-5H3,(H,31,38)(H,32,41)(H,33,39)(H,34,37)/t20?,21-,22-,24+/m0/s1. The van der Waals surface area contributed by atoms with Crippen LogP contribution in [0.25, 0.3) is 0 Å². The van der Waals surface area contributed by atoms with Gasteiger partial charge in [0.1, 0.15) is 18.1 Å². The van der Waals surface area contributed by atoms with Crippen LogP contribution in [0.2, 0.25) is 0 Å². The number of carbonyl (C=O) groups excluding carboxylic acids is 6. The van der Waals surface area contributed by atoms with E-state index in [-0.39, 0.29) is 12.0 Å². The molecule has 1 heterocycles. The molecule has 1 saturated heterocycles. The van der Waals surface area contributed by atoms with Crippen LogP contribution < -0.4 is 21.3 Å². The third-order valence-electron chi connectivity index (χ3n) is 8.43. The third kappa shape index (κ3) is 8.91. The molecular formula is C30H49N5O7. The largest absolute Gasteiger partial charge is 0.467 e. The topological polar surface area (TPSA) is 163 Å². The highest BCUT2D eigenvalue weighted by Crippen LogP contribution is 2.28. The van der Waals surface area contributed by atoms with E-state index >= 15 is 0 Å². The van der Waals surface area contributed by atoms with Crippen molar-refractivity contribution in [2.75, 3.05) is 13.7 Å². The van der Waals surface area contributed by atoms with Crippen LogP contribution in [0.1, 0.15) is 98.3 Å². The summed E-state index contributed by atoms with van der Waals surface area (Å²) in [5.74, 6) is -2.92. The first-order chi connectivity index (χ1) is 19.9. The van der Waals surface area contributed by atoms with Crippen molar-refractivity contribution in [1.82, 2.24) is 26.2 Å². The van der Waals surface area contributed by atoms with Crippen molar-refractivity contribution in [1.29, 1.82) is 0 Å². The van der Waals surface area contributed by atoms with Crippen LogP contribution in [0.4, 0.5) is 4.79 Å². The van der Waals surface area contributed by atoms with Crippen molar-refractivity contribution in [3.05, 3.63) is 0 Å². The van der Waals surface area contributed by atoms with Crippen molar-refractivity contribution < 1.29 is 33.5 Å². The Morgan fingerprint density at radius 1 is 0.881 bits per heavy atom. The maximum absolute atomic E-state index is 13.6. The number of esters is 1. The van der Waals surface area contributed by atoms with Crippen LogP contribution in [-0.4, -0.2) is 84.3 Å². The summed E-state index contributed by atoms with van der Waals surface area (Å²) in [6.45, 7) is 7.60. The molecule has 0 radical (unpaired) electrons. The van der Waals surface area contributed by atoms with Crippen molar-refractivity contribution in [2.24, 2.45) is 11.3 Å². The lowest BCUT2D eigenvalue weighted by atomic mass is 9.82. The lowest BCUT2D eigenvalue weighted by Crippen LogP contribution is -2.61. The Morgan fingerprint density at radius 3 is 2.12 bits per heavy atom. The molecular weight excluding hydrogens is 542 g/mol. The van der Waals surface area contributed by atoms with E-state index in [1.165, 1.54) is 12.0 Å². The minimum Gasteiger partial charge on any atom is -0.467 e. The van der Waals surface area contributed by atoms with Gasteiger partial charge >= 0.3 is 12.0 Å². The predicted octanol–water partition coefficient (Wildman–Crippen LogP) is 1.95. The van der Waals surface area contributed by atoms with Gasteiger partial charge in [-0.05, 0) is 56.3 Å². The monoisotopic (exact) mass is 591 g/mol. The predicted molar refractivity (Wildman–Crippen MR) is 155 cm³/mol. The number of nitrogens with zero attached hydrogens (tertiary/aromatic N) is 1. The highest BCUT2D eigenvalue weighted by Gasteiger charge is 2.42. The average molecular weight is 592 g/mol. The van der Waals surface area contributed by atoms with Crippen LogP contribution in [-0.2, 0) is 28.7 Å². The second-order valence-electron chi connectivity index (χ2n) is 13.0. The average Bonchev–Trinajstić information content (AvgIpc) is 3.63. The molecule has 4 atom stereocenters. The number of rotatable bonds is 12. The van der Waals surface area contributed by atoms with E-state index in [1.54, 1.807) is 0 Å². The molecule has 2 saturated carbocycles. The summed E-state index contributed by atoms with van der Waals surface area (Å²) in [5.41, 5.74) is -0.702. The molecule has 12 heteroatoms. The number of likely N-dealkylation sites (tertiary alicyclic amines) is 1. The number of Topliss-reactive ketones (excluding diaryl/α,β-unsaturated/α-hetero) is 1. The third-order valence-corrected chi connectivity index (χ3v) is 8.43. The summed E-state index contributed by atoms with van der Waals surface area (Å²) < 4.78 is 5.00. The zero-order valence-corrected chi connectivity index (χ0v) is 25.8. The summed E-state index contributed by atoms with van der Waals surface area (Å²) >= 11 is 0. The zero-order chi connectivity index (χ0) is 31.0. The van der Waals surface area contributed by atoms with Gasteiger partial charge in [-0.2, -0.15) is 0 Å². The molecule has 12 nitrogen and oxygen atoms in total. The van der Waals surface area contributed by atoms with Gasteiger partial charge in [-0.1, -0.05) is 53.4 Å². The van der Waals surface area contributed by atoms with E-state index in [0.29, 0.717) is 32.2 Å². The molecule has 3 rings (SSSR count). The smallest absolute Gasteiger partial charge is 0.328 e. The molecule has 0 aromatic rings. The number of ketones is 1. The first-order valence-electron chi connectivity index (χ1n) is 15.5. The van der Waals surface area contributed by atoms with E-state index in [4.69, 9.17) is 4.74 Å². The maximum atomic E-state index is 13.6. The lowest BCUT2D eigenvalue weighted by molar-refractivity contribution is -0.148. The van der Waals surface area contributed by atoms with Gasteiger partial charge in [-0.25, -0.2) is 9.59 Å². The van der Waals surface area contributed by atoms with E-state index < -0.39 is 65.1 Å². The summed E-state index contributed by atoms with van der Waals surface area (Å²) in [5, 5.41) is 11.0. The van der Waals surface area contributed by atoms with Crippen LogP contribution in [0, 0.1) is 11.3 Å². The number of nitrogens with one attached hydrogen (secondary N) is 4. The van der Waals surface area contributed by atoms with Crippen molar-refractivity contribution in [3.63, 3.8) is 0 Å². The molecule has 4 N–H and O–H groups in total. The van der Waals surface area contributed by atoms with E-state index in [2.05, 4.69) is 21.3 Å². The van der Waals surface area contributed by atoms with E-state index in [1.807, 2.05) is 27.7 Å². The Balaban J connectivity index is 1.68. The zero-order valence-electron chi connectivity index (χ0n) is 25.8. The minimum atomic E-state index is -0.992. The van der Waals surface area contributed by atoms with Gasteiger partial charge < -0.3 is 30.9 Å². The Kier molecular flexibility index (Phi) is 11.8. The lowest BCUT2D eigenvalue weighted by Gasteiger charge is -2.35. The van der Waals surface area contributed by atoms with E-state index in [0.717, 1.165) is 44.9 Å². The first-order valence-corrected chi connectivity index (χ1v) is 15.5. The van der Waals surface area contributed by atoms with Gasteiger partial charge in [-0.3, -0.25) is 19.2 Å². The minimum absolute atomic E-state index is 0.0182. The van der Waals surface area contributed by atoms with Crippen molar-refractivity contribution >= 4 is 35.5 Å². The second kappa shape index (κ2) is 14.8. The SMILES string of the molecule is CCCC(NC(=O)N1CCC[C@H]1C(=O)N[C@H](C(=O)N[C@H](C(=O)OC)C1CCCCC1)C(C)(C)C)C(=O)C(=O)NC1CC1. The first kappa shape index (κ1) is 33.3. The molecule has 2 aliphatic carbocycles. The molecule has 0 spiro atoms. The summed E-state index contributed by atoms with van der Waals surface area (Å²) in [7, 11) is 1.30. The molecule has 0 aromatic carbocycles. The number of ether oxygens (including phenoxy) is 1. The number of amides is 5. The number of carbonyl (C=O) groups is 6. The van der Waals surface area contributed by atoms with Crippen LogP contribution in [0.3, 0.4) is 0 Å². The van der Waals surface area contributed by atoms with Crippen LogP contribution >= 0.6 is 0 Å². The van der Waals surface area contributed by atoms with Gasteiger partial charge in [0.15, 0.2) is 0 Å². The number of methoxy groups -OCH3 is 1. The van der Waals surface area contributed by atoms with Crippen molar-refractivity contribution in [3.8, 4) is 0 Å². The van der Waals surface area contributed by atoms with Gasteiger partial charge in [-0.15, -0.1) is 0 Å². The molecule has 5 amide bonds. The Bertz CT molecular complexity index is 1020. The molecule has 3 fully saturated rings. The maximum Gasteiger partial charge on any atom is 0.328 e. The summed E-state index contributed by atoms with van der Waals surface area (Å²) in [4.78, 5) is 79.5. The van der Waals surface area contributed by atoms with Gasteiger partial charge in [0.05, 0.1) is 13.2 Å². The molecule has 1 unspecified atom stereocenters. The number of hydrogen-bond acceptors (Lipinski definition) is 7. The molecule has 0 aromatic heterocycles. The van der Waals surface area contributed by atoms with Crippen LogP contribution in [0.5, 0.6) is 0 Å². The summed E-state index contributed by atoms with van der Waals surface area (Å²) in [6.07, 6.45) is 8.16. The van der Waals surface area contributed by atoms with Gasteiger partial charge in [0, 0.05) is 12.6 Å². The van der Waals surface area contributed by atoms with E-state index in [9.17, 15) is 28.8 Å². The Hall–Kier alpha value is -3.18. The molecule has 1 aliphatic heterocycles. The molecule has 0 bridgehead atoms. The normalized spacial score (nSPS) is 21.5. The van der Waals surface area contributed by atoms with Crippen molar-refractivity contribution in [2.45, 2.75) is 129 Å². The number of hydrogen-bond donors (Lipinski definition) is 4. The fraction of sp³-hybridized carbons (Fsp3) is 0.800. The highest BCUT2D eigenvalue weighted by atomic mass is 16.5. The number of urea groups is 1. The highest BCUT2D eigenvalue weighted by molar-refractivity contribution is 6.38. The molecule has 3 aliphatic rings.